The van der Waals surface area contributed by atoms with E-state index in [0.717, 1.165) is 6.42 Å². The van der Waals surface area contributed by atoms with E-state index in [4.69, 9.17) is 16.3 Å². The molecule has 5 atom stereocenters. The summed E-state index contributed by atoms with van der Waals surface area (Å²) in [7, 11) is 0. The largest absolute Gasteiger partial charge is 0.396 e. The molecule has 3 amide bonds. The molecule has 3 saturated heterocycles. The standard InChI is InChI=1S/C22H28ClN3O5/c1-2-10-24-19(28)16-15-8-9-22(31-15)17(16)21(30)26(11-3-12-27)18(22)20(29)25-14-6-4-13(23)5-7-14/h4-7,15-18,27H,2-3,8-12H2,1H3,(H,24,28)(H,25,29)/t15-,16+,17+,18?,22?/m1/s1. The van der Waals surface area contributed by atoms with Crippen LogP contribution in [0.15, 0.2) is 24.3 Å². The molecule has 2 unspecified atom stereocenters. The number of carbonyl (C=O) groups excluding carboxylic acids is 3. The maximum absolute atomic E-state index is 13.5. The van der Waals surface area contributed by atoms with E-state index < -0.39 is 23.5 Å². The molecule has 0 aliphatic carbocycles. The predicted octanol–water partition coefficient (Wildman–Crippen LogP) is 1.56. The molecule has 31 heavy (non-hydrogen) atoms. The van der Waals surface area contributed by atoms with E-state index in [0.29, 0.717) is 36.5 Å². The van der Waals surface area contributed by atoms with E-state index in [9.17, 15) is 19.5 Å². The van der Waals surface area contributed by atoms with Gasteiger partial charge in [-0.2, -0.15) is 0 Å². The van der Waals surface area contributed by atoms with E-state index in [1.165, 1.54) is 4.90 Å². The Morgan fingerprint density at radius 2 is 2.03 bits per heavy atom. The predicted molar refractivity (Wildman–Crippen MR) is 114 cm³/mol. The Morgan fingerprint density at radius 3 is 2.71 bits per heavy atom. The van der Waals surface area contributed by atoms with Gasteiger partial charge in [0, 0.05) is 30.4 Å². The molecule has 3 aliphatic rings. The van der Waals surface area contributed by atoms with Crippen LogP contribution in [0.2, 0.25) is 5.02 Å². The third kappa shape index (κ3) is 3.70. The van der Waals surface area contributed by atoms with Crippen LogP contribution in [-0.4, -0.2) is 65.2 Å². The summed E-state index contributed by atoms with van der Waals surface area (Å²) in [5, 5.41) is 15.6. The summed E-state index contributed by atoms with van der Waals surface area (Å²) in [6, 6.07) is 5.87. The molecule has 4 rings (SSSR count). The van der Waals surface area contributed by atoms with Crippen LogP contribution in [0.1, 0.15) is 32.6 Å². The first-order valence-corrected chi connectivity index (χ1v) is 11.2. The van der Waals surface area contributed by atoms with Gasteiger partial charge in [-0.05, 0) is 49.9 Å². The summed E-state index contributed by atoms with van der Waals surface area (Å²) in [6.07, 6.45) is 1.95. The lowest BCUT2D eigenvalue weighted by Gasteiger charge is -2.33. The van der Waals surface area contributed by atoms with Gasteiger partial charge in [-0.15, -0.1) is 0 Å². The number of aliphatic hydroxyl groups is 1. The summed E-state index contributed by atoms with van der Waals surface area (Å²) < 4.78 is 6.30. The highest BCUT2D eigenvalue weighted by Crippen LogP contribution is 2.58. The van der Waals surface area contributed by atoms with Crippen LogP contribution in [0.4, 0.5) is 5.69 Å². The Labute approximate surface area is 186 Å². The lowest BCUT2D eigenvalue weighted by atomic mass is 9.70. The number of hydrogen-bond acceptors (Lipinski definition) is 5. The number of hydrogen-bond donors (Lipinski definition) is 3. The summed E-state index contributed by atoms with van der Waals surface area (Å²) in [6.45, 7) is 2.62. The monoisotopic (exact) mass is 449 g/mol. The summed E-state index contributed by atoms with van der Waals surface area (Å²) in [5.74, 6) is -2.08. The number of amides is 3. The molecule has 3 heterocycles. The minimum Gasteiger partial charge on any atom is -0.396 e. The zero-order valence-corrected chi connectivity index (χ0v) is 18.2. The molecule has 8 nitrogen and oxygen atoms in total. The van der Waals surface area contributed by atoms with Gasteiger partial charge in [0.05, 0.1) is 17.9 Å². The van der Waals surface area contributed by atoms with Crippen LogP contribution < -0.4 is 10.6 Å². The second kappa shape index (κ2) is 8.76. The number of fused-ring (bicyclic) bond motifs is 1. The fourth-order valence-electron chi connectivity index (χ4n) is 5.35. The number of benzene rings is 1. The van der Waals surface area contributed by atoms with Gasteiger partial charge in [-0.3, -0.25) is 14.4 Å². The van der Waals surface area contributed by atoms with Crippen LogP contribution in [0.25, 0.3) is 0 Å². The second-order valence-electron chi connectivity index (χ2n) is 8.45. The van der Waals surface area contributed by atoms with E-state index in [2.05, 4.69) is 10.6 Å². The number of halogens is 1. The average Bonchev–Trinajstić information content (AvgIpc) is 3.39. The first-order valence-electron chi connectivity index (χ1n) is 10.9. The van der Waals surface area contributed by atoms with Gasteiger partial charge < -0.3 is 25.4 Å². The van der Waals surface area contributed by atoms with E-state index >= 15 is 0 Å². The Hall–Kier alpha value is -2.16. The van der Waals surface area contributed by atoms with Gasteiger partial charge >= 0.3 is 0 Å². The molecule has 3 N–H and O–H groups in total. The quantitative estimate of drug-likeness (QED) is 0.558. The number of rotatable bonds is 8. The molecule has 0 aromatic heterocycles. The van der Waals surface area contributed by atoms with Gasteiger partial charge in [-0.25, -0.2) is 0 Å². The minimum atomic E-state index is -1.03. The first kappa shape index (κ1) is 22.0. The van der Waals surface area contributed by atoms with Crippen LogP contribution >= 0.6 is 11.6 Å². The fraction of sp³-hybridized carbons (Fsp3) is 0.591. The Bertz CT molecular complexity index is 863. The highest BCUT2D eigenvalue weighted by Gasteiger charge is 2.74. The maximum Gasteiger partial charge on any atom is 0.250 e. The van der Waals surface area contributed by atoms with Gasteiger partial charge in [-0.1, -0.05) is 18.5 Å². The van der Waals surface area contributed by atoms with Crippen LogP contribution in [0, 0.1) is 11.8 Å². The van der Waals surface area contributed by atoms with Crippen molar-refractivity contribution in [2.24, 2.45) is 11.8 Å². The van der Waals surface area contributed by atoms with E-state index in [1.807, 2.05) is 6.92 Å². The highest BCUT2D eigenvalue weighted by atomic mass is 35.5. The van der Waals surface area contributed by atoms with Crippen molar-refractivity contribution in [3.05, 3.63) is 29.3 Å². The number of nitrogens with one attached hydrogen (secondary N) is 2. The van der Waals surface area contributed by atoms with Gasteiger partial charge in [0.2, 0.25) is 17.7 Å². The number of carbonyl (C=O) groups is 3. The van der Waals surface area contributed by atoms with E-state index in [-0.39, 0.29) is 37.0 Å². The van der Waals surface area contributed by atoms with Crippen LogP contribution in [0.3, 0.4) is 0 Å². The van der Waals surface area contributed by atoms with Crippen molar-refractivity contribution in [1.82, 2.24) is 10.2 Å². The fourth-order valence-corrected chi connectivity index (χ4v) is 5.47. The molecule has 3 aliphatic heterocycles. The lowest BCUT2D eigenvalue weighted by molar-refractivity contribution is -0.141. The summed E-state index contributed by atoms with van der Waals surface area (Å²) in [4.78, 5) is 41.3. The molecule has 9 heteroatoms. The molecule has 2 bridgehead atoms. The third-order valence-corrected chi connectivity index (χ3v) is 6.82. The molecule has 0 radical (unpaired) electrons. The van der Waals surface area contributed by atoms with Gasteiger partial charge in [0.1, 0.15) is 11.6 Å². The molecule has 1 aromatic carbocycles. The van der Waals surface area contributed by atoms with E-state index in [1.54, 1.807) is 24.3 Å². The molecule has 1 aromatic rings. The number of anilines is 1. The number of aliphatic hydroxyl groups excluding tert-OH is 1. The van der Waals surface area contributed by atoms with Crippen molar-refractivity contribution < 1.29 is 24.2 Å². The van der Waals surface area contributed by atoms with Gasteiger partial charge in [0.15, 0.2) is 0 Å². The molecule has 3 fully saturated rings. The van der Waals surface area contributed by atoms with Crippen molar-refractivity contribution in [1.29, 1.82) is 0 Å². The number of nitrogens with zero attached hydrogens (tertiary/aromatic N) is 1. The van der Waals surface area contributed by atoms with Crippen molar-refractivity contribution in [3.63, 3.8) is 0 Å². The van der Waals surface area contributed by atoms with Crippen molar-refractivity contribution in [3.8, 4) is 0 Å². The zero-order chi connectivity index (χ0) is 22.2. The molecule has 0 saturated carbocycles. The topological polar surface area (TPSA) is 108 Å². The smallest absolute Gasteiger partial charge is 0.250 e. The highest BCUT2D eigenvalue weighted by molar-refractivity contribution is 6.30. The van der Waals surface area contributed by atoms with Crippen LogP contribution in [0.5, 0.6) is 0 Å². The lowest BCUT2D eigenvalue weighted by Crippen LogP contribution is -2.53. The molecule has 168 valence electrons. The molecular formula is C22H28ClN3O5. The summed E-state index contributed by atoms with van der Waals surface area (Å²) in [5.41, 5.74) is -0.462. The Balaban J connectivity index is 1.64. The average molecular weight is 450 g/mol. The van der Waals surface area contributed by atoms with Crippen molar-refractivity contribution in [2.45, 2.75) is 50.4 Å². The third-order valence-electron chi connectivity index (χ3n) is 6.57. The second-order valence-corrected chi connectivity index (χ2v) is 8.89. The zero-order valence-electron chi connectivity index (χ0n) is 17.5. The first-order chi connectivity index (χ1) is 14.9. The number of likely N-dealkylation sites (tertiary alicyclic amines) is 1. The van der Waals surface area contributed by atoms with Crippen molar-refractivity contribution >= 4 is 35.0 Å². The maximum atomic E-state index is 13.5. The summed E-state index contributed by atoms with van der Waals surface area (Å²) >= 11 is 5.93. The Morgan fingerprint density at radius 1 is 1.29 bits per heavy atom. The normalized spacial score (nSPS) is 31.1. The SMILES string of the molecule is CCCNC(=O)[C@@H]1[C@H]2C(=O)N(CCCO)C(C(=O)Nc3ccc(Cl)cc3)C23CC[C@H]1O3. The van der Waals surface area contributed by atoms with Crippen molar-refractivity contribution in [2.75, 3.05) is 25.0 Å². The van der Waals surface area contributed by atoms with Crippen LogP contribution in [-0.2, 0) is 19.1 Å². The molecule has 1 spiro atoms. The van der Waals surface area contributed by atoms with Gasteiger partial charge in [0.25, 0.3) is 0 Å². The Kier molecular flexibility index (Phi) is 6.23. The minimum absolute atomic E-state index is 0.100. The number of ether oxygens (including phenoxy) is 1. The molecular weight excluding hydrogens is 422 g/mol.